The molecule has 244 valence electrons. The first-order valence-corrected chi connectivity index (χ1v) is 17.4. The minimum absolute atomic E-state index is 0.604. The van der Waals surface area contributed by atoms with Gasteiger partial charge in [0.05, 0.1) is 5.69 Å². The highest BCUT2D eigenvalue weighted by Gasteiger charge is 2.23. The third-order valence-corrected chi connectivity index (χ3v) is 9.64. The Kier molecular flexibility index (Phi) is 7.07. The number of hydrogen-bond acceptors (Lipinski definition) is 5. The fourth-order valence-electron chi connectivity index (χ4n) is 7.15. The highest BCUT2D eigenvalue weighted by Crippen LogP contribution is 2.47. The van der Waals surface area contributed by atoms with E-state index in [2.05, 4.69) is 114 Å². The van der Waals surface area contributed by atoms with Crippen LogP contribution in [0.4, 0.5) is 17.1 Å². The van der Waals surface area contributed by atoms with Crippen molar-refractivity contribution in [1.82, 2.24) is 15.0 Å². The Labute approximate surface area is 300 Å². The Morgan fingerprint density at radius 3 is 1.63 bits per heavy atom. The van der Waals surface area contributed by atoms with Crippen molar-refractivity contribution in [1.29, 1.82) is 0 Å². The quantitative estimate of drug-likeness (QED) is 0.177. The van der Waals surface area contributed by atoms with Crippen molar-refractivity contribution in [3.05, 3.63) is 182 Å². The summed E-state index contributed by atoms with van der Waals surface area (Å²) >= 11 is 0. The van der Waals surface area contributed by atoms with Crippen LogP contribution in [0.3, 0.4) is 0 Å². The van der Waals surface area contributed by atoms with E-state index in [1.807, 2.05) is 72.8 Å². The largest absolute Gasteiger partial charge is 0.454 e. The van der Waals surface area contributed by atoms with E-state index >= 15 is 0 Å². The topological polar surface area (TPSA) is 55.1 Å². The summed E-state index contributed by atoms with van der Waals surface area (Å²) in [6.45, 7) is 0. The number of aromatic nitrogens is 3. The SMILES string of the molecule is c1ccc(-c2nc(-c3ccccc3)nc(-c3ccc4oc5c(N(c6ccccc6)c6ccc7ccccc7c6)c6ccccc6cc5c4c3)n2)cc1. The zero-order valence-corrected chi connectivity index (χ0v) is 28.0. The number of nitrogens with zero attached hydrogens (tertiary/aromatic N) is 4. The molecule has 0 aliphatic rings. The molecule has 5 nitrogen and oxygen atoms in total. The van der Waals surface area contributed by atoms with Gasteiger partial charge in [0.15, 0.2) is 23.1 Å². The molecule has 0 radical (unpaired) electrons. The molecule has 10 aromatic rings. The summed E-state index contributed by atoms with van der Waals surface area (Å²) in [4.78, 5) is 17.2. The molecule has 8 aromatic carbocycles. The minimum Gasteiger partial charge on any atom is -0.454 e. The number of anilines is 3. The van der Waals surface area contributed by atoms with Crippen LogP contribution in [0.5, 0.6) is 0 Å². The molecule has 5 heteroatoms. The Balaban J connectivity index is 1.22. The molecule has 52 heavy (non-hydrogen) atoms. The number of para-hydroxylation sites is 1. The monoisotopic (exact) mass is 666 g/mol. The van der Waals surface area contributed by atoms with Crippen molar-refractivity contribution >= 4 is 60.5 Å². The fourth-order valence-corrected chi connectivity index (χ4v) is 7.15. The number of hydrogen-bond donors (Lipinski definition) is 0. The Bertz CT molecular complexity index is 2850. The van der Waals surface area contributed by atoms with E-state index in [1.165, 1.54) is 10.8 Å². The lowest BCUT2D eigenvalue weighted by atomic mass is 10.0. The summed E-state index contributed by atoms with van der Waals surface area (Å²) in [6.07, 6.45) is 0. The number of furan rings is 1. The van der Waals surface area contributed by atoms with E-state index in [1.54, 1.807) is 0 Å². The third-order valence-electron chi connectivity index (χ3n) is 9.64. The van der Waals surface area contributed by atoms with Gasteiger partial charge in [0.2, 0.25) is 0 Å². The molecule has 0 saturated heterocycles. The Hall–Kier alpha value is -7.11. The van der Waals surface area contributed by atoms with Gasteiger partial charge < -0.3 is 9.32 Å². The maximum absolute atomic E-state index is 6.89. The predicted octanol–water partition coefficient (Wildman–Crippen LogP) is 12.5. The molecule has 0 fully saturated rings. The van der Waals surface area contributed by atoms with E-state index < -0.39 is 0 Å². The second-order valence-corrected chi connectivity index (χ2v) is 12.9. The van der Waals surface area contributed by atoms with Crippen LogP contribution in [-0.4, -0.2) is 15.0 Å². The maximum atomic E-state index is 6.89. The van der Waals surface area contributed by atoms with Crippen molar-refractivity contribution < 1.29 is 4.42 Å². The smallest absolute Gasteiger partial charge is 0.164 e. The summed E-state index contributed by atoms with van der Waals surface area (Å²) in [7, 11) is 0. The lowest BCUT2D eigenvalue weighted by Crippen LogP contribution is -2.10. The molecule has 0 spiro atoms. The summed E-state index contributed by atoms with van der Waals surface area (Å²) < 4.78 is 6.89. The van der Waals surface area contributed by atoms with Crippen LogP contribution in [0.2, 0.25) is 0 Å². The third kappa shape index (κ3) is 5.15. The molecule has 0 N–H and O–H groups in total. The molecular formula is C47H30N4O. The summed E-state index contributed by atoms with van der Waals surface area (Å²) in [5.41, 5.74) is 7.45. The predicted molar refractivity (Wildman–Crippen MR) is 213 cm³/mol. The number of rotatable bonds is 6. The normalized spacial score (nSPS) is 11.5. The molecule has 0 amide bonds. The van der Waals surface area contributed by atoms with E-state index in [0.29, 0.717) is 17.5 Å². The first-order valence-electron chi connectivity index (χ1n) is 17.4. The van der Waals surface area contributed by atoms with Gasteiger partial charge in [0, 0.05) is 44.2 Å². The molecule has 0 aliphatic carbocycles. The fraction of sp³-hybridized carbons (Fsp3) is 0. The van der Waals surface area contributed by atoms with Crippen LogP contribution in [0.25, 0.3) is 77.6 Å². The van der Waals surface area contributed by atoms with Crippen molar-refractivity contribution in [2.75, 3.05) is 4.90 Å². The van der Waals surface area contributed by atoms with Crippen molar-refractivity contribution in [2.45, 2.75) is 0 Å². The van der Waals surface area contributed by atoms with Gasteiger partial charge in [-0.3, -0.25) is 0 Å². The zero-order valence-electron chi connectivity index (χ0n) is 28.0. The highest BCUT2D eigenvalue weighted by molar-refractivity contribution is 6.19. The second-order valence-electron chi connectivity index (χ2n) is 12.9. The van der Waals surface area contributed by atoms with Gasteiger partial charge in [-0.2, -0.15) is 0 Å². The summed E-state index contributed by atoms with van der Waals surface area (Å²) in [6, 6.07) is 62.8. The highest BCUT2D eigenvalue weighted by atomic mass is 16.3. The molecule has 10 rings (SSSR count). The van der Waals surface area contributed by atoms with E-state index in [9.17, 15) is 0 Å². The molecule has 0 saturated carbocycles. The van der Waals surface area contributed by atoms with Gasteiger partial charge in [-0.25, -0.2) is 15.0 Å². The van der Waals surface area contributed by atoms with Gasteiger partial charge in [0.25, 0.3) is 0 Å². The van der Waals surface area contributed by atoms with Gasteiger partial charge in [-0.1, -0.05) is 133 Å². The molecule has 0 unspecified atom stereocenters. The minimum atomic E-state index is 0.604. The molecular weight excluding hydrogens is 637 g/mol. The molecule has 2 aromatic heterocycles. The lowest BCUT2D eigenvalue weighted by Gasteiger charge is -2.27. The molecule has 0 bridgehead atoms. The van der Waals surface area contributed by atoms with Crippen molar-refractivity contribution in [2.24, 2.45) is 0 Å². The summed E-state index contributed by atoms with van der Waals surface area (Å²) in [5.74, 6) is 1.86. The van der Waals surface area contributed by atoms with Crippen LogP contribution in [-0.2, 0) is 0 Å². The molecule has 2 heterocycles. The average molecular weight is 667 g/mol. The van der Waals surface area contributed by atoms with Gasteiger partial charge in [-0.15, -0.1) is 0 Å². The number of benzene rings is 8. The zero-order chi connectivity index (χ0) is 34.4. The average Bonchev–Trinajstić information content (AvgIpc) is 3.59. The maximum Gasteiger partial charge on any atom is 0.164 e. The van der Waals surface area contributed by atoms with Crippen LogP contribution in [0, 0.1) is 0 Å². The van der Waals surface area contributed by atoms with Gasteiger partial charge in [0.1, 0.15) is 5.58 Å². The standard InChI is InChI=1S/C47H30N4O/c1-4-15-32(16-5-1)45-48-46(33-17-6-2-7-18-33)50-47(49-45)36-25-27-42-40(30-36)41-29-35-20-12-13-23-39(35)43(44(41)52-42)51(37-21-8-3-9-22-37)38-26-24-31-14-10-11-19-34(31)28-38/h1-30H. The van der Waals surface area contributed by atoms with Crippen LogP contribution in [0.15, 0.2) is 186 Å². The van der Waals surface area contributed by atoms with Crippen molar-refractivity contribution in [3.8, 4) is 34.2 Å². The Morgan fingerprint density at radius 1 is 0.365 bits per heavy atom. The second kappa shape index (κ2) is 12.3. The van der Waals surface area contributed by atoms with Crippen LogP contribution < -0.4 is 4.90 Å². The van der Waals surface area contributed by atoms with E-state index in [-0.39, 0.29) is 0 Å². The number of fused-ring (bicyclic) bond motifs is 5. The van der Waals surface area contributed by atoms with Gasteiger partial charge in [-0.05, 0) is 64.7 Å². The first kappa shape index (κ1) is 29.8. The van der Waals surface area contributed by atoms with Crippen LogP contribution in [0.1, 0.15) is 0 Å². The van der Waals surface area contributed by atoms with Crippen LogP contribution >= 0.6 is 0 Å². The first-order chi connectivity index (χ1) is 25.8. The Morgan fingerprint density at radius 2 is 0.942 bits per heavy atom. The lowest BCUT2D eigenvalue weighted by molar-refractivity contribution is 0.669. The molecule has 0 atom stereocenters. The van der Waals surface area contributed by atoms with E-state index in [4.69, 9.17) is 19.4 Å². The van der Waals surface area contributed by atoms with Gasteiger partial charge >= 0.3 is 0 Å². The molecule has 0 aliphatic heterocycles. The van der Waals surface area contributed by atoms with E-state index in [0.717, 1.165) is 66.5 Å². The summed E-state index contributed by atoms with van der Waals surface area (Å²) in [5, 5.41) is 6.61. The van der Waals surface area contributed by atoms with Crippen molar-refractivity contribution in [3.63, 3.8) is 0 Å².